The van der Waals surface area contributed by atoms with E-state index in [0.29, 0.717) is 11.7 Å². The Balaban J connectivity index is 2.38. The van der Waals surface area contributed by atoms with Crippen LogP contribution in [0.1, 0.15) is 24.6 Å². The zero-order valence-corrected chi connectivity index (χ0v) is 9.92. The van der Waals surface area contributed by atoms with Crippen LogP contribution < -0.4 is 5.32 Å². The van der Waals surface area contributed by atoms with E-state index in [2.05, 4.69) is 15.5 Å². The fraction of sp³-hybridized carbons (Fsp3) is 0.600. The van der Waals surface area contributed by atoms with Crippen molar-refractivity contribution >= 4 is 11.9 Å². The molecule has 100 valence electrons. The number of hydrogen-bond donors (Lipinski definition) is 3. The van der Waals surface area contributed by atoms with Crippen molar-refractivity contribution in [2.24, 2.45) is 0 Å². The molecule has 0 bridgehead atoms. The summed E-state index contributed by atoms with van der Waals surface area (Å²) >= 11 is 0. The van der Waals surface area contributed by atoms with Gasteiger partial charge in [-0.15, -0.1) is 0 Å². The topological polar surface area (TPSA) is 126 Å². The SMILES string of the molecule is Cc1noc(CCC(=O)NC(CCO)C(=O)O)n1. The van der Waals surface area contributed by atoms with Crippen LogP contribution in [0.15, 0.2) is 4.52 Å². The van der Waals surface area contributed by atoms with Gasteiger partial charge < -0.3 is 20.1 Å². The Labute approximate surface area is 103 Å². The first kappa shape index (κ1) is 14.1. The lowest BCUT2D eigenvalue weighted by atomic mass is 10.2. The third kappa shape index (κ3) is 4.50. The van der Waals surface area contributed by atoms with E-state index in [1.165, 1.54) is 0 Å². The van der Waals surface area contributed by atoms with Gasteiger partial charge in [0, 0.05) is 25.9 Å². The number of aliphatic hydroxyl groups is 1. The third-order valence-electron chi connectivity index (χ3n) is 2.19. The van der Waals surface area contributed by atoms with Crippen LogP contribution >= 0.6 is 0 Å². The van der Waals surface area contributed by atoms with Gasteiger partial charge in [-0.3, -0.25) is 4.79 Å². The van der Waals surface area contributed by atoms with Crippen LogP contribution in [0.3, 0.4) is 0 Å². The quantitative estimate of drug-likeness (QED) is 0.587. The molecule has 1 amide bonds. The maximum Gasteiger partial charge on any atom is 0.326 e. The number of aryl methyl sites for hydroxylation is 2. The Morgan fingerprint density at radius 3 is 2.72 bits per heavy atom. The number of nitrogens with one attached hydrogen (secondary N) is 1. The van der Waals surface area contributed by atoms with Gasteiger partial charge in [-0.1, -0.05) is 5.16 Å². The van der Waals surface area contributed by atoms with E-state index >= 15 is 0 Å². The highest BCUT2D eigenvalue weighted by molar-refractivity contribution is 5.83. The molecule has 3 N–H and O–H groups in total. The molecule has 1 aromatic heterocycles. The minimum absolute atomic E-state index is 0.0270. The molecule has 0 saturated heterocycles. The summed E-state index contributed by atoms with van der Waals surface area (Å²) in [5.41, 5.74) is 0. The Morgan fingerprint density at radius 1 is 1.50 bits per heavy atom. The second-order valence-corrected chi connectivity index (χ2v) is 3.71. The average Bonchev–Trinajstić information content (AvgIpc) is 2.72. The van der Waals surface area contributed by atoms with Crippen molar-refractivity contribution < 1.29 is 24.3 Å². The van der Waals surface area contributed by atoms with Crippen molar-refractivity contribution in [1.29, 1.82) is 0 Å². The molecule has 1 rings (SSSR count). The van der Waals surface area contributed by atoms with Crippen LogP contribution in [-0.4, -0.2) is 44.9 Å². The first-order valence-electron chi connectivity index (χ1n) is 5.45. The Morgan fingerprint density at radius 2 is 2.22 bits per heavy atom. The van der Waals surface area contributed by atoms with Crippen molar-refractivity contribution in [3.63, 3.8) is 0 Å². The summed E-state index contributed by atoms with van der Waals surface area (Å²) < 4.78 is 4.82. The van der Waals surface area contributed by atoms with E-state index in [4.69, 9.17) is 14.7 Å². The summed E-state index contributed by atoms with van der Waals surface area (Å²) in [5, 5.41) is 23.3. The van der Waals surface area contributed by atoms with Crippen LogP contribution in [0.4, 0.5) is 0 Å². The molecule has 0 aromatic carbocycles. The van der Waals surface area contributed by atoms with Crippen LogP contribution in [0.25, 0.3) is 0 Å². The van der Waals surface area contributed by atoms with Crippen LogP contribution in [0.2, 0.25) is 0 Å². The van der Waals surface area contributed by atoms with Crippen LogP contribution in [-0.2, 0) is 16.0 Å². The Kier molecular flexibility index (Phi) is 5.25. The number of nitrogens with zero attached hydrogens (tertiary/aromatic N) is 2. The maximum absolute atomic E-state index is 11.5. The van der Waals surface area contributed by atoms with Crippen LogP contribution in [0, 0.1) is 6.92 Å². The molecule has 18 heavy (non-hydrogen) atoms. The normalized spacial score (nSPS) is 12.1. The number of aliphatic hydroxyl groups excluding tert-OH is 1. The predicted molar refractivity (Wildman–Crippen MR) is 58.6 cm³/mol. The summed E-state index contributed by atoms with van der Waals surface area (Å²) in [4.78, 5) is 26.1. The largest absolute Gasteiger partial charge is 0.480 e. The number of aliphatic carboxylic acids is 1. The van der Waals surface area contributed by atoms with Gasteiger partial charge in [0.2, 0.25) is 11.8 Å². The van der Waals surface area contributed by atoms with Gasteiger partial charge >= 0.3 is 5.97 Å². The number of hydrogen-bond acceptors (Lipinski definition) is 6. The number of carbonyl (C=O) groups is 2. The molecule has 0 aliphatic carbocycles. The Bertz CT molecular complexity index is 417. The number of carboxylic acids is 1. The van der Waals surface area contributed by atoms with Gasteiger partial charge in [0.25, 0.3) is 0 Å². The second kappa shape index (κ2) is 6.70. The lowest BCUT2D eigenvalue weighted by Crippen LogP contribution is -2.41. The van der Waals surface area contributed by atoms with E-state index in [1.807, 2.05) is 0 Å². The number of carbonyl (C=O) groups excluding carboxylic acids is 1. The number of amides is 1. The molecule has 8 heteroatoms. The van der Waals surface area contributed by atoms with Gasteiger partial charge in [-0.2, -0.15) is 4.98 Å². The monoisotopic (exact) mass is 257 g/mol. The summed E-state index contributed by atoms with van der Waals surface area (Å²) in [6.45, 7) is 1.36. The fourth-order valence-electron chi connectivity index (χ4n) is 1.32. The highest BCUT2D eigenvalue weighted by atomic mass is 16.5. The number of carboxylic acid groups (broad SMARTS) is 1. The van der Waals surface area contributed by atoms with Gasteiger partial charge in [-0.25, -0.2) is 4.79 Å². The zero-order valence-electron chi connectivity index (χ0n) is 9.92. The molecular formula is C10H15N3O5. The molecule has 0 saturated carbocycles. The molecule has 8 nitrogen and oxygen atoms in total. The molecule has 1 heterocycles. The molecular weight excluding hydrogens is 242 g/mol. The third-order valence-corrected chi connectivity index (χ3v) is 2.19. The standard InChI is InChI=1S/C10H15N3O5/c1-6-11-9(18-13-6)3-2-8(15)12-7(4-5-14)10(16)17/h7,14H,2-5H2,1H3,(H,12,15)(H,16,17). The van der Waals surface area contributed by atoms with Crippen LogP contribution in [0.5, 0.6) is 0 Å². The van der Waals surface area contributed by atoms with Gasteiger partial charge in [-0.05, 0) is 6.92 Å². The first-order valence-corrected chi connectivity index (χ1v) is 5.45. The van der Waals surface area contributed by atoms with Gasteiger partial charge in [0.05, 0.1) is 0 Å². The number of aromatic nitrogens is 2. The van der Waals surface area contributed by atoms with Gasteiger partial charge in [0.15, 0.2) is 5.82 Å². The highest BCUT2D eigenvalue weighted by Crippen LogP contribution is 2.01. The van der Waals surface area contributed by atoms with Crippen molar-refractivity contribution in [2.45, 2.75) is 32.2 Å². The summed E-state index contributed by atoms with van der Waals surface area (Å²) in [7, 11) is 0. The van der Waals surface area contributed by atoms with E-state index in [0.717, 1.165) is 0 Å². The zero-order chi connectivity index (χ0) is 13.5. The lowest BCUT2D eigenvalue weighted by molar-refractivity contribution is -0.142. The summed E-state index contributed by atoms with van der Waals surface area (Å²) in [5.74, 6) is -0.802. The minimum atomic E-state index is -1.17. The molecule has 0 spiro atoms. The second-order valence-electron chi connectivity index (χ2n) is 3.71. The van der Waals surface area contributed by atoms with Crippen molar-refractivity contribution in [2.75, 3.05) is 6.61 Å². The number of rotatable bonds is 7. The average molecular weight is 257 g/mol. The van der Waals surface area contributed by atoms with Gasteiger partial charge in [0.1, 0.15) is 6.04 Å². The van der Waals surface area contributed by atoms with Crippen molar-refractivity contribution in [3.05, 3.63) is 11.7 Å². The summed E-state index contributed by atoms with van der Waals surface area (Å²) in [6, 6.07) is -1.08. The van der Waals surface area contributed by atoms with E-state index in [-0.39, 0.29) is 25.9 Å². The van der Waals surface area contributed by atoms with E-state index < -0.39 is 17.9 Å². The lowest BCUT2D eigenvalue weighted by Gasteiger charge is -2.12. The first-order chi connectivity index (χ1) is 8.52. The molecule has 1 atom stereocenters. The molecule has 1 unspecified atom stereocenters. The fourth-order valence-corrected chi connectivity index (χ4v) is 1.32. The molecule has 0 aliphatic heterocycles. The minimum Gasteiger partial charge on any atom is -0.480 e. The maximum atomic E-state index is 11.5. The van der Waals surface area contributed by atoms with Crippen molar-refractivity contribution in [1.82, 2.24) is 15.5 Å². The molecule has 0 fully saturated rings. The molecule has 0 aliphatic rings. The smallest absolute Gasteiger partial charge is 0.326 e. The summed E-state index contributed by atoms with van der Waals surface area (Å²) in [6.07, 6.45) is 0.274. The Hall–Kier alpha value is -1.96. The highest BCUT2D eigenvalue weighted by Gasteiger charge is 2.19. The predicted octanol–water partition coefficient (Wildman–Crippen LogP) is -0.738. The molecule has 1 aromatic rings. The molecule has 0 radical (unpaired) electrons. The van der Waals surface area contributed by atoms with Crippen molar-refractivity contribution in [3.8, 4) is 0 Å². The van der Waals surface area contributed by atoms with E-state index in [9.17, 15) is 9.59 Å². The van der Waals surface area contributed by atoms with E-state index in [1.54, 1.807) is 6.92 Å².